The molecule has 2 aliphatic heterocycles. The topological polar surface area (TPSA) is 54.9 Å². The van der Waals surface area contributed by atoms with E-state index in [9.17, 15) is 4.79 Å². The van der Waals surface area contributed by atoms with Crippen molar-refractivity contribution < 1.29 is 14.3 Å². The summed E-state index contributed by atoms with van der Waals surface area (Å²) in [7, 11) is 3.31. The van der Waals surface area contributed by atoms with Crippen molar-refractivity contribution in [3.05, 3.63) is 53.7 Å². The lowest BCUT2D eigenvalue weighted by atomic mass is 9.89. The summed E-state index contributed by atoms with van der Waals surface area (Å²) in [5.41, 5.74) is 2.20. The SMILES string of the molecule is COc1ccc([C@H]2[C@@H]3CN(Cc4cccc(OC)n4)C[C@@H]3CN2C(C)=O)cc1. The normalized spacial score (nSPS) is 24.2. The molecule has 6 nitrogen and oxygen atoms in total. The van der Waals surface area contributed by atoms with Crippen LogP contribution in [0.1, 0.15) is 24.2 Å². The highest BCUT2D eigenvalue weighted by molar-refractivity contribution is 5.74. The Bertz CT molecular complexity index is 839. The van der Waals surface area contributed by atoms with Crippen LogP contribution in [0.15, 0.2) is 42.5 Å². The number of nitrogens with zero attached hydrogens (tertiary/aromatic N) is 3. The Kier molecular flexibility index (Phi) is 5.22. The maximum absolute atomic E-state index is 12.3. The van der Waals surface area contributed by atoms with Crippen LogP contribution in [-0.2, 0) is 11.3 Å². The molecule has 1 aromatic carbocycles. The van der Waals surface area contributed by atoms with Crippen LogP contribution in [0.5, 0.6) is 11.6 Å². The summed E-state index contributed by atoms with van der Waals surface area (Å²) in [5.74, 6) is 2.56. The fourth-order valence-corrected chi connectivity index (χ4v) is 4.71. The van der Waals surface area contributed by atoms with Crippen LogP contribution in [-0.4, -0.2) is 54.5 Å². The minimum absolute atomic E-state index is 0.122. The molecule has 2 saturated heterocycles. The van der Waals surface area contributed by atoms with Gasteiger partial charge in [0.15, 0.2) is 0 Å². The number of carbonyl (C=O) groups excluding carboxylic acids is 1. The first-order chi connectivity index (χ1) is 13.6. The minimum Gasteiger partial charge on any atom is -0.497 e. The fraction of sp³-hybridized carbons (Fsp3) is 0.455. The number of amides is 1. The average Bonchev–Trinajstić information content (AvgIpc) is 3.25. The second kappa shape index (κ2) is 7.80. The van der Waals surface area contributed by atoms with Crippen molar-refractivity contribution in [2.75, 3.05) is 33.9 Å². The number of benzene rings is 1. The molecule has 3 heterocycles. The molecule has 4 rings (SSSR count). The fourth-order valence-electron chi connectivity index (χ4n) is 4.71. The van der Waals surface area contributed by atoms with E-state index in [0.717, 1.165) is 37.6 Å². The Hall–Kier alpha value is -2.60. The van der Waals surface area contributed by atoms with E-state index >= 15 is 0 Å². The van der Waals surface area contributed by atoms with E-state index in [2.05, 4.69) is 22.0 Å². The number of pyridine rings is 1. The van der Waals surface area contributed by atoms with Crippen LogP contribution in [0.2, 0.25) is 0 Å². The van der Waals surface area contributed by atoms with Gasteiger partial charge in [0.1, 0.15) is 5.75 Å². The Morgan fingerprint density at radius 3 is 2.54 bits per heavy atom. The molecule has 0 spiro atoms. The summed E-state index contributed by atoms with van der Waals surface area (Å²) in [5, 5.41) is 0. The predicted octanol–water partition coefficient (Wildman–Crippen LogP) is 2.75. The van der Waals surface area contributed by atoms with Crippen LogP contribution >= 0.6 is 0 Å². The molecule has 0 saturated carbocycles. The van der Waals surface area contributed by atoms with Gasteiger partial charge in [0.05, 0.1) is 26.0 Å². The largest absolute Gasteiger partial charge is 0.497 e. The highest BCUT2D eigenvalue weighted by Crippen LogP contribution is 2.45. The van der Waals surface area contributed by atoms with Crippen LogP contribution in [0.25, 0.3) is 0 Å². The maximum atomic E-state index is 12.3. The second-order valence-corrected chi connectivity index (χ2v) is 7.68. The molecule has 6 heteroatoms. The smallest absolute Gasteiger partial charge is 0.219 e. The first kappa shape index (κ1) is 18.7. The molecule has 0 radical (unpaired) electrons. The van der Waals surface area contributed by atoms with Crippen LogP contribution in [0, 0.1) is 11.8 Å². The molecule has 28 heavy (non-hydrogen) atoms. The zero-order valence-electron chi connectivity index (χ0n) is 16.7. The van der Waals surface area contributed by atoms with E-state index in [-0.39, 0.29) is 11.9 Å². The molecular formula is C22H27N3O3. The van der Waals surface area contributed by atoms with Crippen molar-refractivity contribution >= 4 is 5.91 Å². The summed E-state index contributed by atoms with van der Waals surface area (Å²) in [6.07, 6.45) is 0. The number of carbonyl (C=O) groups is 1. The molecule has 2 aliphatic rings. The standard InChI is InChI=1S/C22H27N3O3/c1-15(26)25-12-17-11-24(13-18-5-4-6-21(23-18)28-3)14-20(17)22(25)16-7-9-19(27-2)10-8-16/h4-10,17,20,22H,11-14H2,1-3H3/t17-,20-,22+/m1/s1. The summed E-state index contributed by atoms with van der Waals surface area (Å²) in [6, 6.07) is 14.2. The molecule has 0 aliphatic carbocycles. The number of hydrogen-bond donors (Lipinski definition) is 0. The van der Waals surface area contributed by atoms with Crippen LogP contribution in [0.4, 0.5) is 0 Å². The van der Waals surface area contributed by atoms with E-state index in [1.54, 1.807) is 21.1 Å². The van der Waals surface area contributed by atoms with Gasteiger partial charge in [-0.15, -0.1) is 0 Å². The third kappa shape index (κ3) is 3.56. The second-order valence-electron chi connectivity index (χ2n) is 7.68. The number of ether oxygens (including phenoxy) is 2. The van der Waals surface area contributed by atoms with Gasteiger partial charge in [0.25, 0.3) is 0 Å². The third-order valence-electron chi connectivity index (χ3n) is 5.98. The van der Waals surface area contributed by atoms with Crippen molar-refractivity contribution in [2.24, 2.45) is 11.8 Å². The van der Waals surface area contributed by atoms with Gasteiger partial charge in [-0.3, -0.25) is 9.69 Å². The van der Waals surface area contributed by atoms with Crippen molar-refractivity contribution in [3.63, 3.8) is 0 Å². The van der Waals surface area contributed by atoms with E-state index in [1.165, 1.54) is 5.56 Å². The van der Waals surface area contributed by atoms with Crippen molar-refractivity contribution in [2.45, 2.75) is 19.5 Å². The number of fused-ring (bicyclic) bond motifs is 1. The van der Waals surface area contributed by atoms with Gasteiger partial charge < -0.3 is 14.4 Å². The molecule has 1 aromatic heterocycles. The first-order valence-electron chi connectivity index (χ1n) is 9.72. The van der Waals surface area contributed by atoms with Gasteiger partial charge in [-0.05, 0) is 29.7 Å². The van der Waals surface area contributed by atoms with E-state index < -0.39 is 0 Å². The minimum atomic E-state index is 0.122. The van der Waals surface area contributed by atoms with Gasteiger partial charge in [0.2, 0.25) is 11.8 Å². The summed E-state index contributed by atoms with van der Waals surface area (Å²) < 4.78 is 10.5. The van der Waals surface area contributed by atoms with Crippen molar-refractivity contribution in [1.29, 1.82) is 0 Å². The quantitative estimate of drug-likeness (QED) is 0.797. The first-order valence-corrected chi connectivity index (χ1v) is 9.72. The van der Waals surface area contributed by atoms with Gasteiger partial charge >= 0.3 is 0 Å². The van der Waals surface area contributed by atoms with E-state index in [0.29, 0.717) is 17.7 Å². The third-order valence-corrected chi connectivity index (χ3v) is 5.98. The highest BCUT2D eigenvalue weighted by Gasteiger charge is 2.48. The lowest BCUT2D eigenvalue weighted by Crippen LogP contribution is -2.34. The summed E-state index contributed by atoms with van der Waals surface area (Å²) in [6.45, 7) is 5.25. The van der Waals surface area contributed by atoms with Crippen molar-refractivity contribution in [1.82, 2.24) is 14.8 Å². The van der Waals surface area contributed by atoms with Gasteiger partial charge in [0, 0.05) is 45.1 Å². The van der Waals surface area contributed by atoms with Gasteiger partial charge in [-0.25, -0.2) is 4.98 Å². The molecule has 0 unspecified atom stereocenters. The Labute approximate surface area is 166 Å². The Morgan fingerprint density at radius 2 is 1.86 bits per heavy atom. The molecule has 0 bridgehead atoms. The van der Waals surface area contributed by atoms with Gasteiger partial charge in [-0.2, -0.15) is 0 Å². The molecule has 148 valence electrons. The van der Waals surface area contributed by atoms with Crippen LogP contribution in [0.3, 0.4) is 0 Å². The zero-order chi connectivity index (χ0) is 19.7. The number of aromatic nitrogens is 1. The average molecular weight is 381 g/mol. The lowest BCUT2D eigenvalue weighted by molar-refractivity contribution is -0.130. The predicted molar refractivity (Wildman–Crippen MR) is 106 cm³/mol. The number of likely N-dealkylation sites (tertiary alicyclic amines) is 2. The van der Waals surface area contributed by atoms with E-state index in [1.807, 2.05) is 35.2 Å². The monoisotopic (exact) mass is 381 g/mol. The maximum Gasteiger partial charge on any atom is 0.219 e. The summed E-state index contributed by atoms with van der Waals surface area (Å²) >= 11 is 0. The molecule has 0 N–H and O–H groups in total. The highest BCUT2D eigenvalue weighted by atomic mass is 16.5. The molecule has 3 atom stereocenters. The lowest BCUT2D eigenvalue weighted by Gasteiger charge is -2.29. The van der Waals surface area contributed by atoms with Gasteiger partial charge in [-0.1, -0.05) is 18.2 Å². The molecule has 1 amide bonds. The van der Waals surface area contributed by atoms with Crippen LogP contribution < -0.4 is 9.47 Å². The number of methoxy groups -OCH3 is 2. The molecule has 2 fully saturated rings. The summed E-state index contributed by atoms with van der Waals surface area (Å²) in [4.78, 5) is 21.3. The zero-order valence-corrected chi connectivity index (χ0v) is 16.7. The Morgan fingerprint density at radius 1 is 1.07 bits per heavy atom. The Balaban J connectivity index is 1.52. The number of hydrogen-bond acceptors (Lipinski definition) is 5. The van der Waals surface area contributed by atoms with E-state index in [4.69, 9.17) is 9.47 Å². The number of rotatable bonds is 5. The molecular weight excluding hydrogens is 354 g/mol. The molecule has 2 aromatic rings. The van der Waals surface area contributed by atoms with Crippen molar-refractivity contribution in [3.8, 4) is 11.6 Å².